The van der Waals surface area contributed by atoms with Gasteiger partial charge < -0.3 is 10.1 Å². The van der Waals surface area contributed by atoms with Crippen LogP contribution in [-0.4, -0.2) is 28.3 Å². The number of nitrogens with zero attached hydrogens (tertiary/aromatic N) is 2. The van der Waals surface area contributed by atoms with Crippen molar-refractivity contribution in [3.05, 3.63) is 81.3 Å². The van der Waals surface area contributed by atoms with E-state index in [1.54, 1.807) is 59.4 Å². The van der Waals surface area contributed by atoms with Gasteiger partial charge in [0.2, 0.25) is 5.91 Å². The molecule has 0 spiro atoms. The number of para-hydroxylation sites is 1. The number of amides is 1. The monoisotopic (exact) mass is 437 g/mol. The molecule has 0 saturated carbocycles. The van der Waals surface area contributed by atoms with Crippen LogP contribution in [0.3, 0.4) is 0 Å². The molecule has 2 aromatic heterocycles. The number of hydrogen-bond donors (Lipinski definition) is 1. The Labute approximate surface area is 181 Å². The van der Waals surface area contributed by atoms with E-state index in [-0.39, 0.29) is 17.2 Å². The van der Waals surface area contributed by atoms with Gasteiger partial charge in [-0.25, -0.2) is 4.98 Å². The van der Waals surface area contributed by atoms with E-state index in [4.69, 9.17) is 4.74 Å². The molecule has 1 N–H and O–H groups in total. The van der Waals surface area contributed by atoms with Crippen molar-refractivity contribution >= 4 is 39.9 Å². The third-order valence-electron chi connectivity index (χ3n) is 4.45. The molecule has 0 aliphatic heterocycles. The van der Waals surface area contributed by atoms with Crippen LogP contribution in [0.5, 0.6) is 5.75 Å². The van der Waals surface area contributed by atoms with Gasteiger partial charge in [0.1, 0.15) is 5.75 Å². The summed E-state index contributed by atoms with van der Waals surface area (Å²) in [5.74, 6) is 0.742. The summed E-state index contributed by atoms with van der Waals surface area (Å²) in [7, 11) is 1.59. The van der Waals surface area contributed by atoms with Crippen molar-refractivity contribution in [1.82, 2.24) is 14.9 Å². The molecule has 30 heavy (non-hydrogen) atoms. The summed E-state index contributed by atoms with van der Waals surface area (Å²) >= 11 is 2.83. The largest absolute Gasteiger partial charge is 0.497 e. The first-order valence-electron chi connectivity index (χ1n) is 9.24. The highest BCUT2D eigenvalue weighted by atomic mass is 32.2. The smallest absolute Gasteiger partial charge is 0.266 e. The molecule has 0 fully saturated rings. The number of thioether (sulfide) groups is 1. The van der Waals surface area contributed by atoms with E-state index < -0.39 is 0 Å². The zero-order chi connectivity index (χ0) is 20.9. The summed E-state index contributed by atoms with van der Waals surface area (Å²) in [5.41, 5.74) is 1.10. The summed E-state index contributed by atoms with van der Waals surface area (Å²) in [6.45, 7) is 0.494. The number of carbonyl (C=O) groups excluding carboxylic acids is 1. The van der Waals surface area contributed by atoms with E-state index in [1.165, 1.54) is 11.8 Å². The highest BCUT2D eigenvalue weighted by Gasteiger charge is 2.15. The van der Waals surface area contributed by atoms with Crippen molar-refractivity contribution in [3.8, 4) is 11.4 Å². The Balaban J connectivity index is 1.63. The quantitative estimate of drug-likeness (QED) is 0.351. The molecule has 4 rings (SSSR count). The lowest BCUT2D eigenvalue weighted by Crippen LogP contribution is -2.26. The molecular formula is C22H19N3O3S2. The van der Waals surface area contributed by atoms with Crippen LogP contribution >= 0.6 is 23.1 Å². The summed E-state index contributed by atoms with van der Waals surface area (Å²) in [6, 6.07) is 18.3. The molecule has 6 nitrogen and oxygen atoms in total. The van der Waals surface area contributed by atoms with E-state index in [0.717, 1.165) is 4.88 Å². The number of carbonyl (C=O) groups is 1. The minimum Gasteiger partial charge on any atom is -0.497 e. The van der Waals surface area contributed by atoms with Crippen LogP contribution in [-0.2, 0) is 11.3 Å². The topological polar surface area (TPSA) is 73.2 Å². The van der Waals surface area contributed by atoms with Crippen LogP contribution in [0.25, 0.3) is 16.6 Å². The van der Waals surface area contributed by atoms with Gasteiger partial charge in [0.05, 0.1) is 36.0 Å². The molecular weight excluding hydrogens is 418 g/mol. The normalized spacial score (nSPS) is 10.8. The van der Waals surface area contributed by atoms with E-state index >= 15 is 0 Å². The molecule has 0 radical (unpaired) electrons. The van der Waals surface area contributed by atoms with Gasteiger partial charge in [0, 0.05) is 4.88 Å². The van der Waals surface area contributed by atoms with Gasteiger partial charge in [-0.3, -0.25) is 14.2 Å². The zero-order valence-corrected chi connectivity index (χ0v) is 17.8. The van der Waals surface area contributed by atoms with Crippen molar-refractivity contribution in [2.45, 2.75) is 11.7 Å². The number of fused-ring (bicyclic) bond motifs is 1. The molecule has 0 atom stereocenters. The van der Waals surface area contributed by atoms with Gasteiger partial charge in [-0.2, -0.15) is 0 Å². The van der Waals surface area contributed by atoms with Crippen LogP contribution in [0.4, 0.5) is 0 Å². The summed E-state index contributed by atoms with van der Waals surface area (Å²) < 4.78 is 6.75. The first kappa shape index (κ1) is 20.2. The number of methoxy groups -OCH3 is 1. The first-order valence-corrected chi connectivity index (χ1v) is 11.1. The molecule has 2 aromatic carbocycles. The van der Waals surface area contributed by atoms with Crippen molar-refractivity contribution in [1.29, 1.82) is 0 Å². The minimum absolute atomic E-state index is 0.114. The maximum Gasteiger partial charge on any atom is 0.266 e. The van der Waals surface area contributed by atoms with E-state index in [9.17, 15) is 9.59 Å². The van der Waals surface area contributed by atoms with Crippen LogP contribution in [0.15, 0.2) is 76.0 Å². The second-order valence-electron chi connectivity index (χ2n) is 6.39. The number of thiophene rings is 1. The number of rotatable bonds is 7. The average Bonchev–Trinajstić information content (AvgIpc) is 3.30. The van der Waals surface area contributed by atoms with E-state index in [0.29, 0.717) is 34.0 Å². The predicted molar refractivity (Wildman–Crippen MR) is 121 cm³/mol. The van der Waals surface area contributed by atoms with Crippen molar-refractivity contribution in [2.75, 3.05) is 12.9 Å². The highest BCUT2D eigenvalue weighted by Crippen LogP contribution is 2.22. The Hall–Kier alpha value is -3.10. The fourth-order valence-electron chi connectivity index (χ4n) is 2.95. The zero-order valence-electron chi connectivity index (χ0n) is 16.2. The summed E-state index contributed by atoms with van der Waals surface area (Å²) in [5, 5.41) is 5.87. The maximum atomic E-state index is 13.2. The van der Waals surface area contributed by atoms with Crippen molar-refractivity contribution in [3.63, 3.8) is 0 Å². The van der Waals surface area contributed by atoms with Gasteiger partial charge >= 0.3 is 0 Å². The first-order chi connectivity index (χ1) is 14.7. The fourth-order valence-corrected chi connectivity index (χ4v) is 4.44. The number of nitrogens with one attached hydrogen (secondary N) is 1. The third kappa shape index (κ3) is 4.39. The molecule has 2 heterocycles. The average molecular weight is 438 g/mol. The second kappa shape index (κ2) is 9.15. The van der Waals surface area contributed by atoms with Crippen LogP contribution in [0, 0.1) is 0 Å². The molecule has 0 saturated heterocycles. The second-order valence-corrected chi connectivity index (χ2v) is 8.37. The molecule has 0 bridgehead atoms. The number of ether oxygens (including phenoxy) is 1. The van der Waals surface area contributed by atoms with E-state index in [1.807, 2.05) is 29.6 Å². The summed E-state index contributed by atoms with van der Waals surface area (Å²) in [4.78, 5) is 31.3. The molecule has 4 aromatic rings. The maximum absolute atomic E-state index is 13.2. The van der Waals surface area contributed by atoms with Gasteiger partial charge in [-0.05, 0) is 47.8 Å². The minimum atomic E-state index is -0.174. The van der Waals surface area contributed by atoms with Crippen molar-refractivity contribution in [2.24, 2.45) is 0 Å². The SMILES string of the molecule is COc1ccc(-n2c(SCC(=O)NCc3cccs3)nc3ccccc3c2=O)cc1. The molecule has 0 aliphatic carbocycles. The number of aromatic nitrogens is 2. The molecule has 152 valence electrons. The molecule has 8 heteroatoms. The Kier molecular flexibility index (Phi) is 6.15. The standard InChI is InChI=1S/C22H19N3O3S2/c1-28-16-10-8-15(9-11-16)25-21(27)18-6-2-3-7-19(18)24-22(25)30-14-20(26)23-13-17-5-4-12-29-17/h2-12H,13-14H2,1H3,(H,23,26). The Morgan fingerprint density at radius 3 is 2.67 bits per heavy atom. The van der Waals surface area contributed by atoms with Gasteiger partial charge in [-0.15, -0.1) is 11.3 Å². The molecule has 0 unspecified atom stereocenters. The van der Waals surface area contributed by atoms with Gasteiger partial charge in [0.15, 0.2) is 5.16 Å². The number of hydrogen-bond acceptors (Lipinski definition) is 6. The lowest BCUT2D eigenvalue weighted by Gasteiger charge is -2.13. The summed E-state index contributed by atoms with van der Waals surface area (Å²) in [6.07, 6.45) is 0. The van der Waals surface area contributed by atoms with Crippen LogP contribution in [0.1, 0.15) is 4.88 Å². The van der Waals surface area contributed by atoms with Crippen LogP contribution < -0.4 is 15.6 Å². The molecule has 0 aliphatic rings. The lowest BCUT2D eigenvalue weighted by atomic mass is 10.2. The van der Waals surface area contributed by atoms with Crippen molar-refractivity contribution < 1.29 is 9.53 Å². The van der Waals surface area contributed by atoms with Crippen LogP contribution in [0.2, 0.25) is 0 Å². The number of benzene rings is 2. The third-order valence-corrected chi connectivity index (χ3v) is 6.26. The van der Waals surface area contributed by atoms with Gasteiger partial charge in [0.25, 0.3) is 5.56 Å². The predicted octanol–water partition coefficient (Wildman–Crippen LogP) is 3.86. The molecule has 1 amide bonds. The Bertz CT molecular complexity index is 1220. The van der Waals surface area contributed by atoms with E-state index in [2.05, 4.69) is 10.3 Å². The lowest BCUT2D eigenvalue weighted by molar-refractivity contribution is -0.118. The Morgan fingerprint density at radius 2 is 1.93 bits per heavy atom. The Morgan fingerprint density at radius 1 is 1.13 bits per heavy atom. The van der Waals surface area contributed by atoms with Gasteiger partial charge in [-0.1, -0.05) is 30.0 Å². The highest BCUT2D eigenvalue weighted by molar-refractivity contribution is 7.99. The fraction of sp³-hybridized carbons (Fsp3) is 0.136.